The molecule has 0 spiro atoms. The number of H-pyrrole nitrogens is 1. The second kappa shape index (κ2) is 4.67. The fourth-order valence-electron chi connectivity index (χ4n) is 2.56. The molecule has 1 N–H and O–H groups in total. The SMILES string of the molecule is COc1c(Cl)cc(B2OC(C)(C)C(C)(C)O2)c2cc[nH]c12. The van der Waals surface area contributed by atoms with E-state index in [1.54, 1.807) is 7.11 Å². The average Bonchev–Trinajstić information content (AvgIpc) is 2.92. The summed E-state index contributed by atoms with van der Waals surface area (Å²) >= 11 is 6.33. The number of halogens is 1. The van der Waals surface area contributed by atoms with Gasteiger partial charge in [0.15, 0.2) is 5.75 Å². The topological polar surface area (TPSA) is 43.5 Å². The van der Waals surface area contributed by atoms with Crippen molar-refractivity contribution in [1.82, 2.24) is 4.98 Å². The van der Waals surface area contributed by atoms with Crippen molar-refractivity contribution in [3.8, 4) is 5.75 Å². The molecule has 4 nitrogen and oxygen atoms in total. The monoisotopic (exact) mass is 307 g/mol. The molecule has 6 heteroatoms. The molecule has 1 fully saturated rings. The Morgan fingerprint density at radius 1 is 1.19 bits per heavy atom. The van der Waals surface area contributed by atoms with Gasteiger partial charge in [-0.15, -0.1) is 0 Å². The van der Waals surface area contributed by atoms with Crippen LogP contribution in [0.2, 0.25) is 5.02 Å². The first-order valence-corrected chi connectivity index (χ1v) is 7.34. The van der Waals surface area contributed by atoms with Gasteiger partial charge < -0.3 is 19.0 Å². The number of nitrogens with one attached hydrogen (secondary N) is 1. The van der Waals surface area contributed by atoms with Gasteiger partial charge >= 0.3 is 7.12 Å². The largest absolute Gasteiger partial charge is 0.495 e. The summed E-state index contributed by atoms with van der Waals surface area (Å²) in [4.78, 5) is 3.16. The van der Waals surface area contributed by atoms with Gasteiger partial charge in [-0.3, -0.25) is 0 Å². The molecule has 0 saturated carbocycles. The Labute approximate surface area is 129 Å². The van der Waals surface area contributed by atoms with Crippen molar-refractivity contribution in [2.45, 2.75) is 38.9 Å². The summed E-state index contributed by atoms with van der Waals surface area (Å²) in [6.07, 6.45) is 1.86. The molecule has 112 valence electrons. The molecular formula is C15H19BClNO3. The maximum atomic E-state index is 6.33. The minimum atomic E-state index is -0.447. The molecule has 2 aromatic rings. The number of benzene rings is 1. The Hall–Kier alpha value is -1.17. The molecule has 1 aromatic heterocycles. The van der Waals surface area contributed by atoms with Crippen LogP contribution >= 0.6 is 11.6 Å². The second-order valence-electron chi connectivity index (χ2n) is 6.34. The molecular weight excluding hydrogens is 288 g/mol. The van der Waals surface area contributed by atoms with Crippen molar-refractivity contribution in [3.63, 3.8) is 0 Å². The van der Waals surface area contributed by atoms with E-state index in [1.807, 2.05) is 46.0 Å². The van der Waals surface area contributed by atoms with Gasteiger partial charge in [0.05, 0.1) is 28.9 Å². The number of methoxy groups -OCH3 is 1. The molecule has 1 aliphatic heterocycles. The van der Waals surface area contributed by atoms with E-state index in [2.05, 4.69) is 4.98 Å². The zero-order valence-electron chi connectivity index (χ0n) is 12.9. The molecule has 2 heterocycles. The fourth-order valence-corrected chi connectivity index (χ4v) is 2.85. The third kappa shape index (κ3) is 2.15. The predicted molar refractivity (Wildman–Crippen MR) is 85.6 cm³/mol. The van der Waals surface area contributed by atoms with Gasteiger partial charge in [0.2, 0.25) is 0 Å². The number of aromatic amines is 1. The van der Waals surface area contributed by atoms with E-state index < -0.39 is 7.12 Å². The van der Waals surface area contributed by atoms with Crippen LogP contribution in [0.25, 0.3) is 10.9 Å². The Balaban J connectivity index is 2.13. The highest BCUT2D eigenvalue weighted by molar-refractivity contribution is 6.65. The Morgan fingerprint density at radius 3 is 2.38 bits per heavy atom. The molecule has 0 unspecified atom stereocenters. The van der Waals surface area contributed by atoms with Crippen LogP contribution < -0.4 is 10.2 Å². The van der Waals surface area contributed by atoms with Crippen LogP contribution in [0.3, 0.4) is 0 Å². The van der Waals surface area contributed by atoms with Gasteiger partial charge in [-0.05, 0) is 45.3 Å². The number of rotatable bonds is 2. The minimum absolute atomic E-state index is 0.382. The standard InChI is InChI=1S/C15H19BClNO3/c1-14(2)15(3,4)21-16(20-14)10-8-11(17)13(19-5)12-9(10)6-7-18-12/h6-8,18H,1-5H3. The van der Waals surface area contributed by atoms with Gasteiger partial charge in [-0.2, -0.15) is 0 Å². The number of aromatic nitrogens is 1. The van der Waals surface area contributed by atoms with Gasteiger partial charge in [-0.1, -0.05) is 11.6 Å². The fraction of sp³-hybridized carbons (Fsp3) is 0.467. The van der Waals surface area contributed by atoms with E-state index in [-0.39, 0.29) is 11.2 Å². The first-order valence-electron chi connectivity index (χ1n) is 6.96. The zero-order chi connectivity index (χ0) is 15.4. The molecule has 1 aliphatic rings. The summed E-state index contributed by atoms with van der Waals surface area (Å²) in [7, 11) is 1.16. The van der Waals surface area contributed by atoms with Gasteiger partial charge in [0.25, 0.3) is 0 Å². The molecule has 21 heavy (non-hydrogen) atoms. The van der Waals surface area contributed by atoms with E-state index >= 15 is 0 Å². The second-order valence-corrected chi connectivity index (χ2v) is 6.74. The predicted octanol–water partition coefficient (Wildman–Crippen LogP) is 3.13. The van der Waals surface area contributed by atoms with Crippen LogP contribution in [-0.2, 0) is 9.31 Å². The van der Waals surface area contributed by atoms with Crippen molar-refractivity contribution in [3.05, 3.63) is 23.4 Å². The van der Waals surface area contributed by atoms with Crippen LogP contribution in [0.15, 0.2) is 18.3 Å². The summed E-state index contributed by atoms with van der Waals surface area (Å²) in [5.74, 6) is 0.636. The summed E-state index contributed by atoms with van der Waals surface area (Å²) in [5, 5.41) is 1.53. The lowest BCUT2D eigenvalue weighted by molar-refractivity contribution is 0.00578. The zero-order valence-corrected chi connectivity index (χ0v) is 13.7. The Bertz CT molecular complexity index is 680. The first kappa shape index (κ1) is 14.8. The first-order chi connectivity index (χ1) is 9.77. The molecule has 0 amide bonds. The Morgan fingerprint density at radius 2 is 1.81 bits per heavy atom. The maximum Gasteiger partial charge on any atom is 0.495 e. The van der Waals surface area contributed by atoms with Crippen molar-refractivity contribution in [2.75, 3.05) is 7.11 Å². The molecule has 0 aliphatic carbocycles. The molecule has 0 radical (unpaired) electrons. The molecule has 0 atom stereocenters. The molecule has 0 bridgehead atoms. The highest BCUT2D eigenvalue weighted by Crippen LogP contribution is 2.38. The van der Waals surface area contributed by atoms with Crippen molar-refractivity contribution in [2.24, 2.45) is 0 Å². The summed E-state index contributed by atoms with van der Waals surface area (Å²) in [5.41, 5.74) is 1.00. The molecule has 1 aromatic carbocycles. The number of hydrogen-bond donors (Lipinski definition) is 1. The third-order valence-corrected chi connectivity index (χ3v) is 4.78. The van der Waals surface area contributed by atoms with Gasteiger partial charge in [0, 0.05) is 11.6 Å². The summed E-state index contributed by atoms with van der Waals surface area (Å²) < 4.78 is 17.6. The van der Waals surface area contributed by atoms with E-state index in [1.165, 1.54) is 0 Å². The summed E-state index contributed by atoms with van der Waals surface area (Å²) in [6.45, 7) is 8.14. The van der Waals surface area contributed by atoms with Crippen molar-refractivity contribution >= 4 is 35.1 Å². The molecule has 1 saturated heterocycles. The van der Waals surface area contributed by atoms with E-state index in [0.29, 0.717) is 10.8 Å². The van der Waals surface area contributed by atoms with E-state index in [4.69, 9.17) is 25.6 Å². The minimum Gasteiger partial charge on any atom is -0.493 e. The maximum absolute atomic E-state index is 6.33. The highest BCUT2D eigenvalue weighted by atomic mass is 35.5. The quantitative estimate of drug-likeness (QED) is 0.867. The average molecular weight is 308 g/mol. The van der Waals surface area contributed by atoms with Crippen LogP contribution in [0.1, 0.15) is 27.7 Å². The molecule has 3 rings (SSSR count). The van der Waals surface area contributed by atoms with Gasteiger partial charge in [-0.25, -0.2) is 0 Å². The van der Waals surface area contributed by atoms with E-state index in [9.17, 15) is 0 Å². The Kier molecular flexibility index (Phi) is 3.28. The number of fused-ring (bicyclic) bond motifs is 1. The smallest absolute Gasteiger partial charge is 0.493 e. The normalized spacial score (nSPS) is 20.2. The lowest BCUT2D eigenvalue weighted by Gasteiger charge is -2.32. The third-order valence-electron chi connectivity index (χ3n) is 4.50. The van der Waals surface area contributed by atoms with Crippen LogP contribution in [0.4, 0.5) is 0 Å². The van der Waals surface area contributed by atoms with Gasteiger partial charge in [0.1, 0.15) is 0 Å². The van der Waals surface area contributed by atoms with Crippen LogP contribution in [-0.4, -0.2) is 30.4 Å². The van der Waals surface area contributed by atoms with Crippen LogP contribution in [0, 0.1) is 0 Å². The summed E-state index contributed by atoms with van der Waals surface area (Å²) in [6, 6.07) is 3.84. The van der Waals surface area contributed by atoms with Crippen LogP contribution in [0.5, 0.6) is 5.75 Å². The van der Waals surface area contributed by atoms with Crippen molar-refractivity contribution < 1.29 is 14.0 Å². The number of ether oxygens (including phenoxy) is 1. The number of hydrogen-bond acceptors (Lipinski definition) is 3. The highest BCUT2D eigenvalue weighted by Gasteiger charge is 2.52. The lowest BCUT2D eigenvalue weighted by Crippen LogP contribution is -2.41. The lowest BCUT2D eigenvalue weighted by atomic mass is 9.77. The van der Waals surface area contributed by atoms with E-state index in [0.717, 1.165) is 16.4 Å². The van der Waals surface area contributed by atoms with Crippen molar-refractivity contribution in [1.29, 1.82) is 0 Å².